The number of rotatable bonds is 4. The van der Waals surface area contributed by atoms with Crippen LogP contribution in [0.25, 0.3) is 10.9 Å². The van der Waals surface area contributed by atoms with Crippen molar-refractivity contribution < 1.29 is 14.7 Å². The van der Waals surface area contributed by atoms with E-state index in [-0.39, 0.29) is 5.92 Å². The molecule has 4 nitrogen and oxygen atoms in total. The summed E-state index contributed by atoms with van der Waals surface area (Å²) in [5, 5.41) is 12.2. The summed E-state index contributed by atoms with van der Waals surface area (Å²) in [6.45, 7) is 7.46. The first-order chi connectivity index (χ1) is 11.7. The maximum atomic E-state index is 11.2. The Morgan fingerprint density at radius 1 is 1.38 bits per heavy atom. The van der Waals surface area contributed by atoms with Gasteiger partial charge in [0.05, 0.1) is 38.4 Å². The predicted molar refractivity (Wildman–Crippen MR) is 94.1 cm³/mol. The van der Waals surface area contributed by atoms with Crippen molar-refractivity contribution in [2.75, 3.05) is 26.7 Å². The van der Waals surface area contributed by atoms with Gasteiger partial charge in [0.25, 0.3) is 0 Å². The zero-order chi connectivity index (χ0) is 16.7. The molecule has 1 unspecified atom stereocenters. The number of hydrogen-bond acceptors (Lipinski definition) is 3. The Balaban J connectivity index is 1.73. The molecular weight excluding hydrogens is 300 g/mol. The van der Waals surface area contributed by atoms with Gasteiger partial charge in [0.15, 0.2) is 0 Å². The van der Waals surface area contributed by atoms with Crippen LogP contribution in [-0.4, -0.2) is 36.8 Å². The molecule has 1 aromatic heterocycles. The molecule has 24 heavy (non-hydrogen) atoms. The quantitative estimate of drug-likeness (QED) is 0.840. The molecule has 5 atom stereocenters. The topological polar surface area (TPSA) is 46.8 Å². The number of ether oxygens (including phenoxy) is 1. The van der Waals surface area contributed by atoms with Crippen LogP contribution in [0.5, 0.6) is 5.75 Å². The lowest BCUT2D eigenvalue weighted by atomic mass is 9.69. The number of hydrogen-bond donors (Lipinski definition) is 2. The van der Waals surface area contributed by atoms with E-state index in [9.17, 15) is 5.11 Å². The zero-order valence-corrected chi connectivity index (χ0v) is 14.1. The molecule has 0 amide bonds. The van der Waals surface area contributed by atoms with Crippen LogP contribution in [0.3, 0.4) is 0 Å². The van der Waals surface area contributed by atoms with E-state index in [0.717, 1.165) is 28.8 Å². The maximum absolute atomic E-state index is 11.2. The van der Waals surface area contributed by atoms with Crippen LogP contribution in [0, 0.1) is 17.8 Å². The van der Waals surface area contributed by atoms with Crippen LogP contribution >= 0.6 is 0 Å². The van der Waals surface area contributed by atoms with Crippen molar-refractivity contribution in [3.05, 3.63) is 48.7 Å². The Labute approximate surface area is 142 Å². The number of benzene rings is 1. The van der Waals surface area contributed by atoms with Crippen LogP contribution in [0.1, 0.15) is 18.1 Å². The number of aliphatic hydroxyl groups is 1. The number of aromatic nitrogens is 1. The van der Waals surface area contributed by atoms with Crippen LogP contribution < -0.4 is 9.64 Å². The summed E-state index contributed by atoms with van der Waals surface area (Å²) in [6.07, 6.45) is 4.61. The summed E-state index contributed by atoms with van der Waals surface area (Å²) in [5.74, 6) is 2.13. The summed E-state index contributed by atoms with van der Waals surface area (Å²) < 4.78 is 5.36. The molecule has 5 rings (SSSR count). The Morgan fingerprint density at radius 2 is 2.25 bits per heavy atom. The van der Waals surface area contributed by atoms with E-state index < -0.39 is 6.10 Å². The second-order valence-electron chi connectivity index (χ2n) is 7.15. The van der Waals surface area contributed by atoms with Gasteiger partial charge in [-0.2, -0.15) is 0 Å². The lowest BCUT2D eigenvalue weighted by Crippen LogP contribution is -3.17. The molecule has 4 heterocycles. The van der Waals surface area contributed by atoms with E-state index in [1.54, 1.807) is 18.2 Å². The van der Waals surface area contributed by atoms with Crippen molar-refractivity contribution in [2.24, 2.45) is 17.8 Å². The average molecular weight is 325 g/mol. The Hall–Kier alpha value is -1.91. The highest BCUT2D eigenvalue weighted by molar-refractivity contribution is 5.83. The second kappa shape index (κ2) is 6.19. The molecule has 3 saturated heterocycles. The fourth-order valence-electron chi connectivity index (χ4n) is 4.74. The SMILES string of the molecule is C=C[C@@H]1C[NH+]2CC[C@H]1[C@@H]([C@@H](O)c1ccnc3ccc(OC)cc13)C2. The molecule has 2 bridgehead atoms. The minimum Gasteiger partial charge on any atom is -0.497 e. The highest BCUT2D eigenvalue weighted by Gasteiger charge is 2.46. The normalized spacial score (nSPS) is 30.2. The van der Waals surface area contributed by atoms with E-state index in [1.807, 2.05) is 24.3 Å². The van der Waals surface area contributed by atoms with Gasteiger partial charge in [-0.25, -0.2) is 0 Å². The zero-order valence-electron chi connectivity index (χ0n) is 14.1. The standard InChI is InChI=1S/C20H24N2O2/c1-3-13-11-22-9-7-15(13)18(12-22)20(23)16-6-8-21-19-5-4-14(24-2)10-17(16)19/h3-6,8,10,13,15,18,20,23H,1,7,9,11-12H2,2H3/p+1/t13-,15-,18+,20+/m1/s1. The highest BCUT2D eigenvalue weighted by Crippen LogP contribution is 2.39. The molecule has 0 saturated carbocycles. The molecule has 3 aliphatic heterocycles. The first-order valence-electron chi connectivity index (χ1n) is 8.78. The number of methoxy groups -OCH3 is 1. The molecule has 4 heteroatoms. The van der Waals surface area contributed by atoms with Gasteiger partial charge in [-0.15, -0.1) is 6.58 Å². The molecular formula is C20H25N2O2+. The van der Waals surface area contributed by atoms with Gasteiger partial charge in [0.1, 0.15) is 5.75 Å². The monoisotopic (exact) mass is 325 g/mol. The van der Waals surface area contributed by atoms with Gasteiger partial charge in [0.2, 0.25) is 0 Å². The van der Waals surface area contributed by atoms with Gasteiger partial charge in [-0.1, -0.05) is 6.08 Å². The van der Waals surface area contributed by atoms with Crippen molar-refractivity contribution in [3.8, 4) is 5.75 Å². The minimum absolute atomic E-state index is 0.280. The number of fused-ring (bicyclic) bond motifs is 4. The Kier molecular flexibility index (Phi) is 4.02. The minimum atomic E-state index is -0.467. The molecule has 3 fully saturated rings. The van der Waals surface area contributed by atoms with E-state index in [2.05, 4.69) is 17.6 Å². The number of quaternary nitrogens is 1. The molecule has 3 aliphatic rings. The van der Waals surface area contributed by atoms with Crippen molar-refractivity contribution >= 4 is 10.9 Å². The number of piperidine rings is 3. The summed E-state index contributed by atoms with van der Waals surface area (Å²) in [6, 6.07) is 7.82. The molecule has 0 aliphatic carbocycles. The van der Waals surface area contributed by atoms with Crippen molar-refractivity contribution in [1.82, 2.24) is 4.98 Å². The molecule has 2 aromatic rings. The highest BCUT2D eigenvalue weighted by atomic mass is 16.5. The molecule has 126 valence electrons. The second-order valence-corrected chi connectivity index (χ2v) is 7.15. The third-order valence-corrected chi connectivity index (χ3v) is 5.99. The Bertz CT molecular complexity index is 760. The summed E-state index contributed by atoms with van der Waals surface area (Å²) >= 11 is 0. The first-order valence-corrected chi connectivity index (χ1v) is 8.78. The van der Waals surface area contributed by atoms with E-state index in [4.69, 9.17) is 4.74 Å². The molecule has 0 spiro atoms. The largest absolute Gasteiger partial charge is 0.497 e. The molecule has 1 aromatic carbocycles. The number of nitrogens with zero attached hydrogens (tertiary/aromatic N) is 1. The first kappa shape index (κ1) is 15.6. The lowest BCUT2D eigenvalue weighted by Gasteiger charge is -2.47. The molecule has 2 N–H and O–H groups in total. The van der Waals surface area contributed by atoms with E-state index in [1.165, 1.54) is 19.5 Å². The van der Waals surface area contributed by atoms with Gasteiger partial charge >= 0.3 is 0 Å². The van der Waals surface area contributed by atoms with Gasteiger partial charge in [-0.05, 0) is 35.7 Å². The maximum Gasteiger partial charge on any atom is 0.119 e. The summed E-state index contributed by atoms with van der Waals surface area (Å²) in [7, 11) is 1.67. The average Bonchev–Trinajstić information content (AvgIpc) is 2.66. The fraction of sp³-hybridized carbons (Fsp3) is 0.450. The summed E-state index contributed by atoms with van der Waals surface area (Å²) in [5.41, 5.74) is 1.88. The summed E-state index contributed by atoms with van der Waals surface area (Å²) in [4.78, 5) is 6.04. The number of nitrogens with one attached hydrogen (secondary N) is 1. The van der Waals surface area contributed by atoms with E-state index in [0.29, 0.717) is 11.8 Å². The van der Waals surface area contributed by atoms with Gasteiger partial charge in [0, 0.05) is 29.8 Å². The smallest absolute Gasteiger partial charge is 0.119 e. The van der Waals surface area contributed by atoms with Crippen molar-refractivity contribution in [3.63, 3.8) is 0 Å². The van der Waals surface area contributed by atoms with Crippen LogP contribution in [-0.2, 0) is 0 Å². The lowest BCUT2D eigenvalue weighted by molar-refractivity contribution is -0.925. The van der Waals surface area contributed by atoms with Gasteiger partial charge in [-0.3, -0.25) is 4.98 Å². The van der Waals surface area contributed by atoms with Crippen LogP contribution in [0.4, 0.5) is 0 Å². The predicted octanol–water partition coefficient (Wildman–Crippen LogP) is 1.61. The third-order valence-electron chi connectivity index (χ3n) is 5.99. The number of aliphatic hydroxyl groups excluding tert-OH is 1. The third kappa shape index (κ3) is 2.50. The van der Waals surface area contributed by atoms with E-state index >= 15 is 0 Å². The fourth-order valence-corrected chi connectivity index (χ4v) is 4.74. The number of pyridine rings is 1. The Morgan fingerprint density at radius 3 is 3.00 bits per heavy atom. The van der Waals surface area contributed by atoms with Crippen LogP contribution in [0.2, 0.25) is 0 Å². The van der Waals surface area contributed by atoms with Crippen molar-refractivity contribution in [2.45, 2.75) is 12.5 Å². The van der Waals surface area contributed by atoms with Crippen LogP contribution in [0.15, 0.2) is 43.1 Å². The molecule has 0 radical (unpaired) electrons. The van der Waals surface area contributed by atoms with Crippen molar-refractivity contribution in [1.29, 1.82) is 0 Å². The van der Waals surface area contributed by atoms with Gasteiger partial charge < -0.3 is 14.7 Å².